The molecule has 0 spiro atoms. The van der Waals surface area contributed by atoms with Crippen molar-refractivity contribution in [1.82, 2.24) is 9.97 Å². The Morgan fingerprint density at radius 3 is 2.89 bits per heavy atom. The molecule has 1 aromatic heterocycles. The van der Waals surface area contributed by atoms with E-state index in [-0.39, 0.29) is 12.5 Å². The van der Waals surface area contributed by atoms with Gasteiger partial charge in [0.05, 0.1) is 18.1 Å². The van der Waals surface area contributed by atoms with Crippen LogP contribution in [0, 0.1) is 0 Å². The van der Waals surface area contributed by atoms with Crippen molar-refractivity contribution in [2.75, 3.05) is 6.79 Å². The van der Waals surface area contributed by atoms with Crippen molar-refractivity contribution in [3.63, 3.8) is 0 Å². The van der Waals surface area contributed by atoms with Crippen molar-refractivity contribution >= 4 is 5.97 Å². The lowest BCUT2D eigenvalue weighted by Crippen LogP contribution is -2.01. The van der Waals surface area contributed by atoms with E-state index < -0.39 is 5.97 Å². The van der Waals surface area contributed by atoms with Gasteiger partial charge >= 0.3 is 5.97 Å². The number of aromatic nitrogens is 2. The number of nitrogens with zero attached hydrogens (tertiary/aromatic N) is 2. The molecule has 0 bridgehead atoms. The molecule has 0 amide bonds. The third kappa shape index (κ3) is 1.73. The highest BCUT2D eigenvalue weighted by atomic mass is 16.7. The monoisotopic (exact) mass is 244 g/mol. The summed E-state index contributed by atoms with van der Waals surface area (Å²) in [5.41, 5.74) is 1.12. The number of carboxylic acids is 1. The molecule has 2 heterocycles. The van der Waals surface area contributed by atoms with Gasteiger partial charge in [-0.05, 0) is 18.2 Å². The Kier molecular flexibility index (Phi) is 2.33. The minimum Gasteiger partial charge on any atom is -0.476 e. The van der Waals surface area contributed by atoms with Crippen LogP contribution in [0.25, 0.3) is 11.3 Å². The Balaban J connectivity index is 2.04. The van der Waals surface area contributed by atoms with E-state index in [1.54, 1.807) is 18.2 Å². The van der Waals surface area contributed by atoms with Crippen LogP contribution in [-0.2, 0) is 0 Å². The molecule has 6 heteroatoms. The largest absolute Gasteiger partial charge is 0.476 e. The summed E-state index contributed by atoms with van der Waals surface area (Å²) in [5.74, 6) is 0.182. The quantitative estimate of drug-likeness (QED) is 0.863. The van der Waals surface area contributed by atoms with Crippen molar-refractivity contribution in [3.05, 3.63) is 36.3 Å². The Morgan fingerprint density at radius 1 is 1.22 bits per heavy atom. The average Bonchev–Trinajstić information content (AvgIpc) is 2.86. The second-order valence-electron chi connectivity index (χ2n) is 3.66. The molecule has 2 aromatic rings. The minimum absolute atomic E-state index is 0.0924. The first-order chi connectivity index (χ1) is 8.74. The maximum atomic E-state index is 10.8. The number of carbonyl (C=O) groups is 1. The maximum Gasteiger partial charge on any atom is 0.356 e. The lowest BCUT2D eigenvalue weighted by molar-refractivity contribution is 0.0690. The normalized spacial score (nSPS) is 12.4. The summed E-state index contributed by atoms with van der Waals surface area (Å²) in [6.07, 6.45) is 2.71. The fourth-order valence-corrected chi connectivity index (χ4v) is 1.66. The van der Waals surface area contributed by atoms with Gasteiger partial charge in [0, 0.05) is 5.56 Å². The highest BCUT2D eigenvalue weighted by molar-refractivity contribution is 5.85. The van der Waals surface area contributed by atoms with E-state index in [9.17, 15) is 4.79 Å². The van der Waals surface area contributed by atoms with Crippen LogP contribution in [0.15, 0.2) is 30.6 Å². The average molecular weight is 244 g/mol. The van der Waals surface area contributed by atoms with Crippen molar-refractivity contribution in [2.45, 2.75) is 0 Å². The number of rotatable bonds is 2. The molecule has 0 saturated carbocycles. The number of hydrogen-bond donors (Lipinski definition) is 1. The summed E-state index contributed by atoms with van der Waals surface area (Å²) in [6.45, 7) is 0.194. The van der Waals surface area contributed by atoms with Crippen LogP contribution in [0.2, 0.25) is 0 Å². The number of benzene rings is 1. The van der Waals surface area contributed by atoms with Crippen LogP contribution in [0.4, 0.5) is 0 Å². The Morgan fingerprint density at radius 2 is 2.06 bits per heavy atom. The zero-order chi connectivity index (χ0) is 12.5. The van der Waals surface area contributed by atoms with E-state index in [4.69, 9.17) is 14.6 Å². The van der Waals surface area contributed by atoms with E-state index in [0.29, 0.717) is 17.2 Å². The highest BCUT2D eigenvalue weighted by Crippen LogP contribution is 2.35. The number of aromatic carboxylic acids is 1. The first-order valence-corrected chi connectivity index (χ1v) is 5.19. The number of carboxylic acid groups (broad SMARTS) is 1. The molecule has 0 saturated heterocycles. The predicted molar refractivity (Wildman–Crippen MR) is 60.6 cm³/mol. The van der Waals surface area contributed by atoms with Gasteiger partial charge in [-0.25, -0.2) is 9.78 Å². The molecule has 6 nitrogen and oxygen atoms in total. The van der Waals surface area contributed by atoms with E-state index in [1.165, 1.54) is 12.4 Å². The number of ether oxygens (including phenoxy) is 2. The zero-order valence-corrected chi connectivity index (χ0v) is 9.16. The van der Waals surface area contributed by atoms with Gasteiger partial charge in [-0.2, -0.15) is 0 Å². The SMILES string of the molecule is O=C(O)c1cncc(-c2ccc3c(c2)OCO3)n1. The topological polar surface area (TPSA) is 81.5 Å². The first kappa shape index (κ1) is 10.5. The van der Waals surface area contributed by atoms with Crippen molar-refractivity contribution in [3.8, 4) is 22.8 Å². The second-order valence-corrected chi connectivity index (χ2v) is 3.66. The van der Waals surface area contributed by atoms with E-state index in [2.05, 4.69) is 9.97 Å². The molecule has 0 radical (unpaired) electrons. The summed E-state index contributed by atoms with van der Waals surface area (Å²) in [7, 11) is 0. The summed E-state index contributed by atoms with van der Waals surface area (Å²) >= 11 is 0. The number of hydrogen-bond acceptors (Lipinski definition) is 5. The van der Waals surface area contributed by atoms with Gasteiger partial charge in [0.25, 0.3) is 0 Å². The van der Waals surface area contributed by atoms with Crippen LogP contribution in [0.3, 0.4) is 0 Å². The molecule has 3 rings (SSSR count). The van der Waals surface area contributed by atoms with Crippen LogP contribution in [0.5, 0.6) is 11.5 Å². The van der Waals surface area contributed by atoms with E-state index in [1.807, 2.05) is 0 Å². The molecule has 1 aliphatic rings. The summed E-state index contributed by atoms with van der Waals surface area (Å²) in [6, 6.07) is 5.29. The first-order valence-electron chi connectivity index (χ1n) is 5.19. The standard InChI is InChI=1S/C12H8N2O4/c15-12(16)9-5-13-4-8(14-9)7-1-2-10-11(3-7)18-6-17-10/h1-5H,6H2,(H,15,16). The molecule has 0 atom stereocenters. The third-order valence-corrected chi connectivity index (χ3v) is 2.52. The van der Waals surface area contributed by atoms with Crippen molar-refractivity contribution < 1.29 is 19.4 Å². The molecule has 1 aromatic carbocycles. The molecular formula is C12H8N2O4. The molecule has 0 aliphatic carbocycles. The summed E-state index contributed by atoms with van der Waals surface area (Å²) < 4.78 is 10.5. The summed E-state index contributed by atoms with van der Waals surface area (Å²) in [4.78, 5) is 18.7. The fraction of sp³-hybridized carbons (Fsp3) is 0.0833. The third-order valence-electron chi connectivity index (χ3n) is 2.52. The zero-order valence-electron chi connectivity index (χ0n) is 9.16. The molecule has 1 aliphatic heterocycles. The van der Waals surface area contributed by atoms with Crippen molar-refractivity contribution in [2.24, 2.45) is 0 Å². The smallest absolute Gasteiger partial charge is 0.356 e. The Bertz CT molecular complexity index is 627. The maximum absolute atomic E-state index is 10.8. The van der Waals surface area contributed by atoms with Gasteiger partial charge < -0.3 is 14.6 Å². The minimum atomic E-state index is -1.11. The Labute approximate surface area is 102 Å². The van der Waals surface area contributed by atoms with Crippen LogP contribution < -0.4 is 9.47 Å². The lowest BCUT2D eigenvalue weighted by Gasteiger charge is -2.03. The van der Waals surface area contributed by atoms with Gasteiger partial charge in [0.2, 0.25) is 6.79 Å². The molecular weight excluding hydrogens is 236 g/mol. The fourth-order valence-electron chi connectivity index (χ4n) is 1.66. The van der Waals surface area contributed by atoms with Gasteiger partial charge in [-0.3, -0.25) is 4.98 Å². The van der Waals surface area contributed by atoms with Gasteiger partial charge in [0.1, 0.15) is 0 Å². The van der Waals surface area contributed by atoms with Gasteiger partial charge in [-0.15, -0.1) is 0 Å². The Hall–Kier alpha value is -2.63. The van der Waals surface area contributed by atoms with Crippen LogP contribution in [0.1, 0.15) is 10.5 Å². The lowest BCUT2D eigenvalue weighted by atomic mass is 10.1. The molecule has 18 heavy (non-hydrogen) atoms. The van der Waals surface area contributed by atoms with Gasteiger partial charge in [-0.1, -0.05) is 0 Å². The van der Waals surface area contributed by atoms with Crippen LogP contribution >= 0.6 is 0 Å². The van der Waals surface area contributed by atoms with Crippen molar-refractivity contribution in [1.29, 1.82) is 0 Å². The predicted octanol–water partition coefficient (Wildman–Crippen LogP) is 1.57. The second kappa shape index (κ2) is 3.99. The molecule has 90 valence electrons. The van der Waals surface area contributed by atoms with Gasteiger partial charge in [0.15, 0.2) is 17.2 Å². The molecule has 0 fully saturated rings. The number of fused-ring (bicyclic) bond motifs is 1. The highest BCUT2D eigenvalue weighted by Gasteiger charge is 2.15. The molecule has 0 unspecified atom stereocenters. The van der Waals surface area contributed by atoms with E-state index >= 15 is 0 Å². The summed E-state index contributed by atoms with van der Waals surface area (Å²) in [5, 5.41) is 8.86. The molecule has 1 N–H and O–H groups in total. The van der Waals surface area contributed by atoms with Crippen LogP contribution in [-0.4, -0.2) is 27.8 Å². The van der Waals surface area contributed by atoms with E-state index in [0.717, 1.165) is 5.56 Å².